The molecule has 0 aromatic heterocycles. The third-order valence-corrected chi connectivity index (χ3v) is 3.78. The van der Waals surface area contributed by atoms with Crippen molar-refractivity contribution in [3.05, 3.63) is 64.7 Å². The highest BCUT2D eigenvalue weighted by molar-refractivity contribution is 5.93. The van der Waals surface area contributed by atoms with E-state index in [1.54, 1.807) is 31.2 Å². The van der Waals surface area contributed by atoms with Gasteiger partial charge in [0.25, 0.3) is 0 Å². The molecule has 3 rings (SSSR count). The van der Waals surface area contributed by atoms with Crippen LogP contribution in [0.25, 0.3) is 0 Å². The SMILES string of the molecule is CC(C(=O)O)c1ccc2c(c1)Cc1ccccc1C(=O)O2. The number of hydrogen-bond donors (Lipinski definition) is 1. The number of esters is 1. The summed E-state index contributed by atoms with van der Waals surface area (Å²) in [6.45, 7) is 1.64. The maximum absolute atomic E-state index is 12.1. The van der Waals surface area contributed by atoms with Crippen LogP contribution in [0.15, 0.2) is 42.5 Å². The minimum atomic E-state index is -0.874. The summed E-state index contributed by atoms with van der Waals surface area (Å²) in [6, 6.07) is 12.5. The summed E-state index contributed by atoms with van der Waals surface area (Å²) in [4.78, 5) is 23.2. The number of hydrogen-bond acceptors (Lipinski definition) is 3. The van der Waals surface area contributed by atoms with Crippen LogP contribution in [0, 0.1) is 0 Å². The van der Waals surface area contributed by atoms with Crippen LogP contribution in [0.4, 0.5) is 0 Å². The Labute approximate surface area is 122 Å². The maximum Gasteiger partial charge on any atom is 0.343 e. The van der Waals surface area contributed by atoms with Crippen LogP contribution >= 0.6 is 0 Å². The number of carbonyl (C=O) groups excluding carboxylic acids is 1. The molecule has 0 radical (unpaired) electrons. The van der Waals surface area contributed by atoms with Crippen LogP contribution in [0.5, 0.6) is 5.75 Å². The monoisotopic (exact) mass is 282 g/mol. The average molecular weight is 282 g/mol. The smallest absolute Gasteiger partial charge is 0.343 e. The van der Waals surface area contributed by atoms with Crippen LogP contribution in [0.1, 0.15) is 39.9 Å². The van der Waals surface area contributed by atoms with Crippen molar-refractivity contribution in [2.75, 3.05) is 0 Å². The lowest BCUT2D eigenvalue weighted by atomic mass is 9.95. The van der Waals surface area contributed by atoms with Crippen molar-refractivity contribution in [1.82, 2.24) is 0 Å². The lowest BCUT2D eigenvalue weighted by Crippen LogP contribution is -2.09. The minimum absolute atomic E-state index is 0.372. The standard InChI is InChI=1S/C17H14O4/c1-10(16(18)19)11-6-7-15-13(8-11)9-12-4-2-3-5-14(12)17(20)21-15/h2-8,10H,9H2,1H3,(H,18,19). The summed E-state index contributed by atoms with van der Waals surface area (Å²) in [5.74, 6) is -1.34. The predicted octanol–water partition coefficient (Wildman–Crippen LogP) is 3.00. The van der Waals surface area contributed by atoms with Gasteiger partial charge in [-0.25, -0.2) is 4.79 Å². The largest absolute Gasteiger partial charge is 0.481 e. The number of carbonyl (C=O) groups is 2. The van der Waals surface area contributed by atoms with Gasteiger partial charge in [0.15, 0.2) is 0 Å². The summed E-state index contributed by atoms with van der Waals surface area (Å²) in [5.41, 5.74) is 2.98. The van der Waals surface area contributed by atoms with E-state index in [2.05, 4.69) is 0 Å². The Morgan fingerprint density at radius 3 is 2.71 bits per heavy atom. The molecule has 0 amide bonds. The number of benzene rings is 2. The molecule has 2 aromatic rings. The molecule has 1 atom stereocenters. The highest BCUT2D eigenvalue weighted by Gasteiger charge is 2.22. The summed E-state index contributed by atoms with van der Waals surface area (Å²) in [5, 5.41) is 9.11. The van der Waals surface area contributed by atoms with E-state index in [9.17, 15) is 9.59 Å². The number of fused-ring (bicyclic) bond motifs is 2. The van der Waals surface area contributed by atoms with E-state index >= 15 is 0 Å². The topological polar surface area (TPSA) is 63.6 Å². The Hall–Kier alpha value is -2.62. The first-order valence-electron chi connectivity index (χ1n) is 6.72. The Kier molecular flexibility index (Phi) is 3.22. The average Bonchev–Trinajstić information content (AvgIpc) is 2.61. The van der Waals surface area contributed by atoms with E-state index in [1.165, 1.54) is 0 Å². The second-order valence-corrected chi connectivity index (χ2v) is 5.15. The zero-order valence-corrected chi connectivity index (χ0v) is 11.5. The van der Waals surface area contributed by atoms with Gasteiger partial charge in [0.1, 0.15) is 5.75 Å². The molecule has 4 nitrogen and oxygen atoms in total. The Morgan fingerprint density at radius 2 is 1.95 bits per heavy atom. The molecule has 0 saturated carbocycles. The number of carboxylic acids is 1. The van der Waals surface area contributed by atoms with Crippen molar-refractivity contribution in [2.24, 2.45) is 0 Å². The lowest BCUT2D eigenvalue weighted by molar-refractivity contribution is -0.138. The molecular formula is C17H14O4. The molecule has 1 N–H and O–H groups in total. The molecule has 1 heterocycles. The van der Waals surface area contributed by atoms with Gasteiger partial charge in [-0.1, -0.05) is 30.3 Å². The first kappa shape index (κ1) is 13.4. The zero-order valence-electron chi connectivity index (χ0n) is 11.5. The summed E-state index contributed by atoms with van der Waals surface area (Å²) >= 11 is 0. The van der Waals surface area contributed by atoms with Gasteiger partial charge in [-0.15, -0.1) is 0 Å². The molecule has 0 spiro atoms. The van der Waals surface area contributed by atoms with E-state index in [1.807, 2.05) is 18.2 Å². The Balaban J connectivity index is 2.07. The third kappa shape index (κ3) is 2.40. The summed E-state index contributed by atoms with van der Waals surface area (Å²) in [6.07, 6.45) is 0.553. The van der Waals surface area contributed by atoms with Gasteiger partial charge >= 0.3 is 11.9 Å². The summed E-state index contributed by atoms with van der Waals surface area (Å²) < 4.78 is 5.39. The molecule has 0 bridgehead atoms. The maximum atomic E-state index is 12.1. The molecular weight excluding hydrogens is 268 g/mol. The van der Waals surface area contributed by atoms with Gasteiger partial charge in [0, 0.05) is 6.42 Å². The van der Waals surface area contributed by atoms with Gasteiger partial charge in [0.05, 0.1) is 11.5 Å². The molecule has 1 aliphatic rings. The fraction of sp³-hybridized carbons (Fsp3) is 0.176. The van der Waals surface area contributed by atoms with Gasteiger partial charge in [-0.3, -0.25) is 4.79 Å². The molecule has 2 aromatic carbocycles. The second-order valence-electron chi connectivity index (χ2n) is 5.15. The molecule has 21 heavy (non-hydrogen) atoms. The van der Waals surface area contributed by atoms with E-state index < -0.39 is 11.9 Å². The van der Waals surface area contributed by atoms with Crippen molar-refractivity contribution in [2.45, 2.75) is 19.3 Å². The van der Waals surface area contributed by atoms with Crippen LogP contribution in [0.2, 0.25) is 0 Å². The predicted molar refractivity (Wildman–Crippen MR) is 76.7 cm³/mol. The van der Waals surface area contributed by atoms with Crippen LogP contribution in [-0.2, 0) is 11.2 Å². The fourth-order valence-corrected chi connectivity index (χ4v) is 2.48. The van der Waals surface area contributed by atoms with Crippen molar-refractivity contribution in [1.29, 1.82) is 0 Å². The summed E-state index contributed by atoms with van der Waals surface area (Å²) in [7, 11) is 0. The minimum Gasteiger partial charge on any atom is -0.481 e. The Morgan fingerprint density at radius 1 is 1.19 bits per heavy atom. The molecule has 1 aliphatic heterocycles. The van der Waals surface area contributed by atoms with Crippen LogP contribution in [-0.4, -0.2) is 17.0 Å². The van der Waals surface area contributed by atoms with Crippen molar-refractivity contribution < 1.29 is 19.4 Å². The van der Waals surface area contributed by atoms with Gasteiger partial charge in [-0.05, 0) is 35.7 Å². The van der Waals surface area contributed by atoms with E-state index in [0.29, 0.717) is 23.3 Å². The highest BCUT2D eigenvalue weighted by Crippen LogP contribution is 2.31. The zero-order chi connectivity index (χ0) is 15.0. The molecule has 0 fully saturated rings. The van der Waals surface area contributed by atoms with Gasteiger partial charge in [-0.2, -0.15) is 0 Å². The van der Waals surface area contributed by atoms with Crippen molar-refractivity contribution >= 4 is 11.9 Å². The van der Waals surface area contributed by atoms with E-state index in [4.69, 9.17) is 9.84 Å². The molecule has 106 valence electrons. The number of aliphatic carboxylic acids is 1. The van der Waals surface area contributed by atoms with Crippen molar-refractivity contribution in [3.63, 3.8) is 0 Å². The molecule has 4 heteroatoms. The third-order valence-electron chi connectivity index (χ3n) is 3.78. The highest BCUT2D eigenvalue weighted by atomic mass is 16.5. The van der Waals surface area contributed by atoms with Crippen LogP contribution in [0.3, 0.4) is 0 Å². The number of carboxylic acid groups (broad SMARTS) is 1. The molecule has 0 aliphatic carbocycles. The first-order chi connectivity index (χ1) is 10.1. The first-order valence-corrected chi connectivity index (χ1v) is 6.72. The van der Waals surface area contributed by atoms with E-state index in [0.717, 1.165) is 11.1 Å². The number of rotatable bonds is 2. The normalized spacial score (nSPS) is 14.4. The van der Waals surface area contributed by atoms with Gasteiger partial charge < -0.3 is 9.84 Å². The fourth-order valence-electron chi connectivity index (χ4n) is 2.48. The van der Waals surface area contributed by atoms with Crippen LogP contribution < -0.4 is 4.74 Å². The van der Waals surface area contributed by atoms with Crippen molar-refractivity contribution in [3.8, 4) is 5.75 Å². The van der Waals surface area contributed by atoms with Gasteiger partial charge in [0.2, 0.25) is 0 Å². The second kappa shape index (κ2) is 5.05. The quantitative estimate of drug-likeness (QED) is 0.679. The molecule has 0 saturated heterocycles. The molecule has 1 unspecified atom stereocenters. The Bertz CT molecular complexity index is 733. The van der Waals surface area contributed by atoms with E-state index in [-0.39, 0.29) is 5.97 Å². The number of ether oxygens (including phenoxy) is 1. The lowest BCUT2D eigenvalue weighted by Gasteiger charge is -2.11.